The van der Waals surface area contributed by atoms with Gasteiger partial charge in [0.1, 0.15) is 0 Å². The summed E-state index contributed by atoms with van der Waals surface area (Å²) in [4.78, 5) is 39.1. The Morgan fingerprint density at radius 3 is 2.24 bits per heavy atom. The molecule has 0 radical (unpaired) electrons. The van der Waals surface area contributed by atoms with E-state index in [1.165, 1.54) is 19.3 Å². The first-order chi connectivity index (χ1) is 16.0. The van der Waals surface area contributed by atoms with Crippen molar-refractivity contribution < 1.29 is 14.4 Å². The average Bonchev–Trinajstić information content (AvgIpc) is 2.84. The summed E-state index contributed by atoms with van der Waals surface area (Å²) < 4.78 is 0. The number of nitrogens with zero attached hydrogens (tertiary/aromatic N) is 1. The summed E-state index contributed by atoms with van der Waals surface area (Å²) in [6, 6.07) is 14.4. The first kappa shape index (κ1) is 24.3. The van der Waals surface area contributed by atoms with E-state index in [1.807, 2.05) is 13.8 Å². The van der Waals surface area contributed by atoms with Crippen LogP contribution in [0.15, 0.2) is 48.5 Å². The van der Waals surface area contributed by atoms with E-state index in [2.05, 4.69) is 16.0 Å². The Balaban J connectivity index is 1.49. The van der Waals surface area contributed by atoms with Gasteiger partial charge < -0.3 is 20.9 Å². The predicted octanol–water partition coefficient (Wildman–Crippen LogP) is 4.28. The van der Waals surface area contributed by atoms with Crippen LogP contribution in [0.4, 0.5) is 11.4 Å². The van der Waals surface area contributed by atoms with Crippen molar-refractivity contribution in [3.8, 4) is 0 Å². The van der Waals surface area contributed by atoms with Crippen molar-refractivity contribution in [1.82, 2.24) is 10.2 Å². The fraction of sp³-hybridized carbons (Fsp3) is 0.423. The molecule has 7 nitrogen and oxygen atoms in total. The Labute approximate surface area is 195 Å². The molecule has 0 aromatic heterocycles. The van der Waals surface area contributed by atoms with E-state index in [9.17, 15) is 14.4 Å². The van der Waals surface area contributed by atoms with Crippen LogP contribution in [0, 0.1) is 0 Å². The van der Waals surface area contributed by atoms with Gasteiger partial charge in [-0.05, 0) is 69.2 Å². The summed E-state index contributed by atoms with van der Waals surface area (Å²) in [6.07, 6.45) is 5.69. The van der Waals surface area contributed by atoms with Gasteiger partial charge in [-0.1, -0.05) is 25.3 Å². The molecule has 7 heteroatoms. The Morgan fingerprint density at radius 1 is 0.879 bits per heavy atom. The third kappa shape index (κ3) is 7.07. The average molecular weight is 451 g/mol. The van der Waals surface area contributed by atoms with E-state index < -0.39 is 0 Å². The molecule has 176 valence electrons. The van der Waals surface area contributed by atoms with Gasteiger partial charge in [-0.15, -0.1) is 0 Å². The van der Waals surface area contributed by atoms with Gasteiger partial charge in [-0.2, -0.15) is 0 Å². The third-order valence-corrected chi connectivity index (χ3v) is 5.98. The van der Waals surface area contributed by atoms with Crippen molar-refractivity contribution in [2.45, 2.75) is 52.0 Å². The molecule has 3 N–H and O–H groups in total. The Morgan fingerprint density at radius 2 is 1.58 bits per heavy atom. The molecule has 3 rings (SSSR count). The van der Waals surface area contributed by atoms with Crippen LogP contribution < -0.4 is 16.0 Å². The first-order valence-corrected chi connectivity index (χ1v) is 11.8. The summed E-state index contributed by atoms with van der Waals surface area (Å²) in [6.45, 7) is 5.22. The standard InChI is InChI=1S/C26H34N4O3/c1-3-30(4-2)26(33)20-9-8-12-23(17-20)28-24(31)18-27-21-15-13-19(14-16-21)25(32)29-22-10-6-5-7-11-22/h8-9,12-17,22,27H,3-7,10-11,18H2,1-2H3,(H,28,31)(H,29,32). The van der Waals surface area contributed by atoms with E-state index >= 15 is 0 Å². The van der Waals surface area contributed by atoms with Crippen LogP contribution in [0.25, 0.3) is 0 Å². The quantitative estimate of drug-likeness (QED) is 0.532. The van der Waals surface area contributed by atoms with Gasteiger partial charge in [0.25, 0.3) is 11.8 Å². The second kappa shape index (κ2) is 12.0. The zero-order chi connectivity index (χ0) is 23.6. The van der Waals surface area contributed by atoms with Gasteiger partial charge in [-0.3, -0.25) is 14.4 Å². The number of hydrogen-bond donors (Lipinski definition) is 3. The molecular weight excluding hydrogens is 416 g/mol. The lowest BCUT2D eigenvalue weighted by atomic mass is 9.95. The fourth-order valence-electron chi connectivity index (χ4n) is 4.07. The van der Waals surface area contributed by atoms with Crippen molar-refractivity contribution in [3.05, 3.63) is 59.7 Å². The highest BCUT2D eigenvalue weighted by Gasteiger charge is 2.17. The Bertz CT molecular complexity index is 948. The van der Waals surface area contributed by atoms with Crippen LogP contribution in [0.5, 0.6) is 0 Å². The van der Waals surface area contributed by atoms with Crippen LogP contribution in [-0.2, 0) is 4.79 Å². The lowest BCUT2D eigenvalue weighted by Gasteiger charge is -2.22. The van der Waals surface area contributed by atoms with Gasteiger partial charge in [0.15, 0.2) is 0 Å². The number of nitrogens with one attached hydrogen (secondary N) is 3. The molecule has 1 saturated carbocycles. The minimum absolute atomic E-state index is 0.0506. The largest absolute Gasteiger partial charge is 0.376 e. The van der Waals surface area contributed by atoms with Crippen LogP contribution in [0.2, 0.25) is 0 Å². The minimum atomic E-state index is -0.221. The smallest absolute Gasteiger partial charge is 0.253 e. The van der Waals surface area contributed by atoms with Crippen LogP contribution in [0.3, 0.4) is 0 Å². The molecule has 2 aromatic rings. The molecule has 0 unspecified atom stereocenters. The maximum atomic E-state index is 12.5. The van der Waals surface area contributed by atoms with E-state index in [0.717, 1.165) is 18.5 Å². The van der Waals surface area contributed by atoms with E-state index in [-0.39, 0.29) is 30.3 Å². The van der Waals surface area contributed by atoms with Crippen molar-refractivity contribution in [1.29, 1.82) is 0 Å². The Hall–Kier alpha value is -3.35. The van der Waals surface area contributed by atoms with Gasteiger partial charge in [0, 0.05) is 41.6 Å². The first-order valence-electron chi connectivity index (χ1n) is 11.8. The molecule has 0 saturated heterocycles. The number of anilines is 2. The molecule has 2 aromatic carbocycles. The van der Waals surface area contributed by atoms with Gasteiger partial charge >= 0.3 is 0 Å². The predicted molar refractivity (Wildman–Crippen MR) is 132 cm³/mol. The molecule has 3 amide bonds. The fourth-order valence-corrected chi connectivity index (χ4v) is 4.07. The summed E-state index contributed by atoms with van der Waals surface area (Å²) >= 11 is 0. The molecule has 0 heterocycles. The highest BCUT2D eigenvalue weighted by Crippen LogP contribution is 2.18. The topological polar surface area (TPSA) is 90.5 Å². The summed E-state index contributed by atoms with van der Waals surface area (Å²) in [5, 5.41) is 9.00. The van der Waals surface area contributed by atoms with Crippen molar-refractivity contribution >= 4 is 29.1 Å². The van der Waals surface area contributed by atoms with Crippen molar-refractivity contribution in [2.75, 3.05) is 30.3 Å². The second-order valence-electron chi connectivity index (χ2n) is 8.35. The van der Waals surface area contributed by atoms with Gasteiger partial charge in [0.05, 0.1) is 6.54 Å². The summed E-state index contributed by atoms with van der Waals surface area (Å²) in [5.41, 5.74) is 2.50. The molecule has 0 atom stereocenters. The highest BCUT2D eigenvalue weighted by atomic mass is 16.2. The number of amides is 3. The number of rotatable bonds is 9. The SMILES string of the molecule is CCN(CC)C(=O)c1cccc(NC(=O)CNc2ccc(C(=O)NC3CCCCC3)cc2)c1. The number of hydrogen-bond acceptors (Lipinski definition) is 4. The molecule has 0 spiro atoms. The zero-order valence-corrected chi connectivity index (χ0v) is 19.5. The van der Waals surface area contributed by atoms with Crippen LogP contribution in [0.1, 0.15) is 66.7 Å². The van der Waals surface area contributed by atoms with Crippen LogP contribution in [-0.4, -0.2) is 48.3 Å². The van der Waals surface area contributed by atoms with Gasteiger partial charge in [-0.25, -0.2) is 0 Å². The maximum Gasteiger partial charge on any atom is 0.253 e. The molecule has 33 heavy (non-hydrogen) atoms. The third-order valence-electron chi connectivity index (χ3n) is 5.98. The molecule has 1 aliphatic rings. The number of carbonyl (C=O) groups excluding carboxylic acids is 3. The molecule has 1 aliphatic carbocycles. The summed E-state index contributed by atoms with van der Waals surface area (Å²) in [5.74, 6) is -0.325. The van der Waals surface area contributed by atoms with Gasteiger partial charge in [0.2, 0.25) is 5.91 Å². The summed E-state index contributed by atoms with van der Waals surface area (Å²) in [7, 11) is 0. The number of carbonyl (C=O) groups is 3. The van der Waals surface area contributed by atoms with E-state index in [0.29, 0.717) is 29.9 Å². The maximum absolute atomic E-state index is 12.5. The minimum Gasteiger partial charge on any atom is -0.376 e. The zero-order valence-electron chi connectivity index (χ0n) is 19.5. The highest BCUT2D eigenvalue weighted by molar-refractivity contribution is 5.98. The molecule has 0 aliphatic heterocycles. The lowest BCUT2D eigenvalue weighted by Crippen LogP contribution is -2.36. The number of benzene rings is 2. The Kier molecular flexibility index (Phi) is 8.87. The lowest BCUT2D eigenvalue weighted by molar-refractivity contribution is -0.114. The second-order valence-corrected chi connectivity index (χ2v) is 8.35. The van der Waals surface area contributed by atoms with E-state index in [4.69, 9.17) is 0 Å². The normalized spacial score (nSPS) is 13.8. The van der Waals surface area contributed by atoms with Crippen LogP contribution >= 0.6 is 0 Å². The molecule has 1 fully saturated rings. The monoisotopic (exact) mass is 450 g/mol. The molecular formula is C26H34N4O3. The van der Waals surface area contributed by atoms with Crippen molar-refractivity contribution in [3.63, 3.8) is 0 Å². The van der Waals surface area contributed by atoms with E-state index in [1.54, 1.807) is 53.4 Å². The molecule has 0 bridgehead atoms. The van der Waals surface area contributed by atoms with Crippen molar-refractivity contribution in [2.24, 2.45) is 0 Å².